The van der Waals surface area contributed by atoms with Gasteiger partial charge in [0.2, 0.25) is 0 Å². The van der Waals surface area contributed by atoms with E-state index in [1.807, 2.05) is 13.8 Å². The second-order valence-electron chi connectivity index (χ2n) is 5.88. The highest BCUT2D eigenvalue weighted by Crippen LogP contribution is 2.28. The summed E-state index contributed by atoms with van der Waals surface area (Å²) in [6.45, 7) is 3.85. The molecule has 0 aliphatic heterocycles. The van der Waals surface area contributed by atoms with Crippen molar-refractivity contribution in [3.05, 3.63) is 37.5 Å². The molecule has 4 nitrogen and oxygen atoms in total. The van der Waals surface area contributed by atoms with Gasteiger partial charge in [-0.3, -0.25) is 4.79 Å². The van der Waals surface area contributed by atoms with Gasteiger partial charge in [-0.1, -0.05) is 12.8 Å². The highest BCUT2D eigenvalue weighted by Gasteiger charge is 2.16. The Morgan fingerprint density at radius 3 is 2.78 bits per heavy atom. The largest absolute Gasteiger partial charge is 0.281 e. The molecule has 6 heteroatoms. The van der Waals surface area contributed by atoms with Crippen LogP contribution in [0.4, 0.5) is 0 Å². The zero-order chi connectivity index (χ0) is 16.2. The monoisotopic (exact) mass is 347 g/mol. The van der Waals surface area contributed by atoms with Crippen LogP contribution in [0.3, 0.4) is 0 Å². The first-order valence-electron chi connectivity index (χ1n) is 8.02. The standard InChI is InChI=1S/C17H21N3OS2/c1-11-16(22-10-18-11)12(2)19-20-17(21)15-9-13-7-5-3-4-6-8-14(13)23-15/h9-10H,3-8H2,1-2H3,(H,20,21). The maximum Gasteiger partial charge on any atom is 0.281 e. The molecule has 0 atom stereocenters. The van der Waals surface area contributed by atoms with Crippen LogP contribution in [0.1, 0.15) is 63.3 Å². The van der Waals surface area contributed by atoms with E-state index in [4.69, 9.17) is 0 Å². The topological polar surface area (TPSA) is 54.4 Å². The average molecular weight is 348 g/mol. The van der Waals surface area contributed by atoms with Gasteiger partial charge < -0.3 is 0 Å². The fraction of sp³-hybridized carbons (Fsp3) is 0.471. The van der Waals surface area contributed by atoms with E-state index in [0.29, 0.717) is 0 Å². The Bertz CT molecular complexity index is 705. The normalized spacial score (nSPS) is 15.7. The van der Waals surface area contributed by atoms with Crippen molar-refractivity contribution in [3.63, 3.8) is 0 Å². The van der Waals surface area contributed by atoms with E-state index in [9.17, 15) is 4.79 Å². The molecule has 0 fully saturated rings. The number of hydrazone groups is 1. The number of nitrogens with one attached hydrogen (secondary N) is 1. The van der Waals surface area contributed by atoms with Crippen molar-refractivity contribution in [1.29, 1.82) is 0 Å². The number of nitrogens with zero attached hydrogens (tertiary/aromatic N) is 2. The molecule has 0 unspecified atom stereocenters. The fourth-order valence-electron chi connectivity index (χ4n) is 2.85. The van der Waals surface area contributed by atoms with Gasteiger partial charge in [-0.15, -0.1) is 22.7 Å². The molecule has 0 bridgehead atoms. The summed E-state index contributed by atoms with van der Waals surface area (Å²) < 4.78 is 0. The second-order valence-corrected chi connectivity index (χ2v) is 7.87. The first-order chi connectivity index (χ1) is 11.1. The van der Waals surface area contributed by atoms with Crippen LogP contribution in [-0.4, -0.2) is 16.6 Å². The van der Waals surface area contributed by atoms with Crippen molar-refractivity contribution in [2.75, 3.05) is 0 Å². The molecule has 0 saturated heterocycles. The zero-order valence-electron chi connectivity index (χ0n) is 13.5. The van der Waals surface area contributed by atoms with Crippen LogP contribution in [0.15, 0.2) is 16.7 Å². The van der Waals surface area contributed by atoms with Crippen molar-refractivity contribution in [2.45, 2.75) is 52.4 Å². The molecule has 2 aromatic rings. The Kier molecular flexibility index (Phi) is 5.23. The number of hydrogen-bond donors (Lipinski definition) is 1. The Hall–Kier alpha value is -1.53. The lowest BCUT2D eigenvalue weighted by molar-refractivity contribution is 0.0959. The summed E-state index contributed by atoms with van der Waals surface area (Å²) >= 11 is 3.17. The highest BCUT2D eigenvalue weighted by molar-refractivity contribution is 7.14. The van der Waals surface area contributed by atoms with Gasteiger partial charge >= 0.3 is 0 Å². The van der Waals surface area contributed by atoms with Crippen LogP contribution in [0.25, 0.3) is 0 Å². The fourth-order valence-corrected chi connectivity index (χ4v) is 4.74. The number of rotatable bonds is 3. The quantitative estimate of drug-likeness (QED) is 0.664. The molecule has 122 valence electrons. The van der Waals surface area contributed by atoms with E-state index in [-0.39, 0.29) is 5.91 Å². The molecule has 0 aromatic carbocycles. The van der Waals surface area contributed by atoms with Crippen LogP contribution >= 0.6 is 22.7 Å². The summed E-state index contributed by atoms with van der Waals surface area (Å²) in [7, 11) is 0. The van der Waals surface area contributed by atoms with E-state index in [1.54, 1.807) is 28.2 Å². The number of thiophene rings is 1. The third-order valence-electron chi connectivity index (χ3n) is 4.12. The smallest absolute Gasteiger partial charge is 0.266 e. The van der Waals surface area contributed by atoms with Crippen LogP contribution in [0.5, 0.6) is 0 Å². The van der Waals surface area contributed by atoms with Crippen molar-refractivity contribution in [1.82, 2.24) is 10.4 Å². The number of aryl methyl sites for hydroxylation is 3. The molecule has 2 aromatic heterocycles. The first kappa shape index (κ1) is 16.3. The molecule has 1 aliphatic carbocycles. The van der Waals surface area contributed by atoms with Crippen molar-refractivity contribution >= 4 is 34.3 Å². The Morgan fingerprint density at radius 2 is 2.04 bits per heavy atom. The number of hydrogen-bond acceptors (Lipinski definition) is 5. The lowest BCUT2D eigenvalue weighted by atomic mass is 10.00. The summed E-state index contributed by atoms with van der Waals surface area (Å²) in [6, 6.07) is 2.06. The van der Waals surface area contributed by atoms with Crippen molar-refractivity contribution in [2.24, 2.45) is 5.10 Å². The molecule has 0 saturated carbocycles. The van der Waals surface area contributed by atoms with E-state index in [2.05, 4.69) is 21.6 Å². The number of amides is 1. The maximum absolute atomic E-state index is 12.4. The van der Waals surface area contributed by atoms with E-state index in [0.717, 1.165) is 34.0 Å². The first-order valence-corrected chi connectivity index (χ1v) is 9.71. The Labute approximate surface area is 144 Å². The minimum atomic E-state index is -0.108. The van der Waals surface area contributed by atoms with Gasteiger partial charge in [0.05, 0.1) is 26.7 Å². The van der Waals surface area contributed by atoms with E-state index >= 15 is 0 Å². The van der Waals surface area contributed by atoms with Gasteiger partial charge in [0.1, 0.15) is 0 Å². The van der Waals surface area contributed by atoms with Gasteiger partial charge in [0, 0.05) is 4.88 Å². The number of carbonyl (C=O) groups excluding carboxylic acids is 1. The molecule has 3 rings (SSSR count). The molecule has 1 N–H and O–H groups in total. The third-order valence-corrected chi connectivity index (χ3v) is 6.39. The molecule has 23 heavy (non-hydrogen) atoms. The predicted molar refractivity (Wildman–Crippen MR) is 96.7 cm³/mol. The van der Waals surface area contributed by atoms with Gasteiger partial charge in [0.15, 0.2) is 0 Å². The summed E-state index contributed by atoms with van der Waals surface area (Å²) in [5.41, 5.74) is 7.60. The van der Waals surface area contributed by atoms with E-state index < -0.39 is 0 Å². The zero-order valence-corrected chi connectivity index (χ0v) is 15.1. The SMILES string of the molecule is CC(=NNC(=O)c1cc2c(s1)CCCCCC2)c1scnc1C. The lowest BCUT2D eigenvalue weighted by Crippen LogP contribution is -2.18. The Balaban J connectivity index is 1.71. The maximum atomic E-state index is 12.4. The van der Waals surface area contributed by atoms with E-state index in [1.165, 1.54) is 36.1 Å². The molecule has 2 heterocycles. The molecule has 1 amide bonds. The summed E-state index contributed by atoms with van der Waals surface area (Å²) in [6.07, 6.45) is 7.27. The van der Waals surface area contributed by atoms with Crippen molar-refractivity contribution < 1.29 is 4.79 Å². The molecule has 1 aliphatic rings. The highest BCUT2D eigenvalue weighted by atomic mass is 32.1. The minimum Gasteiger partial charge on any atom is -0.266 e. The number of aromatic nitrogens is 1. The van der Waals surface area contributed by atoms with Crippen LogP contribution in [-0.2, 0) is 12.8 Å². The van der Waals surface area contributed by atoms with Gasteiger partial charge in [-0.05, 0) is 51.2 Å². The van der Waals surface area contributed by atoms with Crippen molar-refractivity contribution in [3.8, 4) is 0 Å². The number of fused-ring (bicyclic) bond motifs is 1. The molecular formula is C17H21N3OS2. The minimum absolute atomic E-state index is 0.108. The second kappa shape index (κ2) is 7.36. The molecular weight excluding hydrogens is 326 g/mol. The summed E-state index contributed by atoms with van der Waals surface area (Å²) in [5, 5.41) is 4.24. The summed E-state index contributed by atoms with van der Waals surface area (Å²) in [5.74, 6) is -0.108. The van der Waals surface area contributed by atoms with Gasteiger partial charge in [-0.25, -0.2) is 10.4 Å². The lowest BCUT2D eigenvalue weighted by Gasteiger charge is -2.07. The van der Waals surface area contributed by atoms with Gasteiger partial charge in [-0.2, -0.15) is 5.10 Å². The average Bonchev–Trinajstić information content (AvgIpc) is 3.11. The van der Waals surface area contributed by atoms with Gasteiger partial charge in [0.25, 0.3) is 5.91 Å². The Morgan fingerprint density at radius 1 is 1.26 bits per heavy atom. The van der Waals surface area contributed by atoms with Crippen LogP contribution in [0, 0.1) is 6.92 Å². The van der Waals surface area contributed by atoms with Crippen LogP contribution in [0.2, 0.25) is 0 Å². The summed E-state index contributed by atoms with van der Waals surface area (Å²) in [4.78, 5) is 19.8. The number of thiazole rings is 1. The van der Waals surface area contributed by atoms with Crippen LogP contribution < -0.4 is 5.43 Å². The third kappa shape index (κ3) is 3.87. The predicted octanol–water partition coefficient (Wildman–Crippen LogP) is 4.33. The molecule has 0 radical (unpaired) electrons. The number of carbonyl (C=O) groups is 1. The molecule has 0 spiro atoms.